The van der Waals surface area contributed by atoms with Crippen molar-refractivity contribution in [2.45, 2.75) is 38.5 Å². The number of para-hydroxylation sites is 2. The number of aromatic nitrogens is 3. The summed E-state index contributed by atoms with van der Waals surface area (Å²) in [6.45, 7) is 2.25. The lowest BCUT2D eigenvalue weighted by Crippen LogP contribution is -2.08. The zero-order valence-electron chi connectivity index (χ0n) is 30.3. The van der Waals surface area contributed by atoms with Crippen LogP contribution in [0, 0.1) is 0 Å². The van der Waals surface area contributed by atoms with Crippen LogP contribution in [0.3, 0.4) is 0 Å². The van der Waals surface area contributed by atoms with E-state index in [1.165, 1.54) is 38.6 Å². The Labute approximate surface area is 321 Å². The molecule has 0 fully saturated rings. The molecule has 10 aromatic rings. The maximum Gasteiger partial charge on any atom is 0.164 e. The van der Waals surface area contributed by atoms with Gasteiger partial charge in [0, 0.05) is 64.3 Å². The Balaban J connectivity index is 1.09. The molecule has 1 aliphatic carbocycles. The second-order valence-electron chi connectivity index (χ2n) is 14.5. The molecular formula is C49H35N3O2S. The van der Waals surface area contributed by atoms with Crippen LogP contribution in [0.1, 0.15) is 43.5 Å². The lowest BCUT2D eigenvalue weighted by atomic mass is 9.96. The first-order chi connectivity index (χ1) is 27.2. The highest BCUT2D eigenvalue weighted by Crippen LogP contribution is 2.44. The highest BCUT2D eigenvalue weighted by molar-refractivity contribution is 7.25. The van der Waals surface area contributed by atoms with Gasteiger partial charge < -0.3 is 8.83 Å². The molecule has 0 saturated heterocycles. The second-order valence-corrected chi connectivity index (χ2v) is 15.6. The van der Waals surface area contributed by atoms with Crippen molar-refractivity contribution in [3.8, 4) is 33.9 Å². The Morgan fingerprint density at radius 2 is 1.40 bits per heavy atom. The van der Waals surface area contributed by atoms with Crippen LogP contribution in [0.5, 0.6) is 0 Å². The Kier molecular flexibility index (Phi) is 7.52. The number of thiophene rings is 1. The Morgan fingerprint density at radius 1 is 0.618 bits per heavy atom. The van der Waals surface area contributed by atoms with Crippen LogP contribution in [0.25, 0.3) is 98.0 Å². The number of hydrogen-bond donors (Lipinski definition) is 0. The monoisotopic (exact) mass is 729 g/mol. The highest BCUT2D eigenvalue weighted by atomic mass is 32.1. The molecule has 6 aromatic carbocycles. The first-order valence-electron chi connectivity index (χ1n) is 19.1. The summed E-state index contributed by atoms with van der Waals surface area (Å²) in [6, 6.07) is 40.7. The van der Waals surface area contributed by atoms with Crippen molar-refractivity contribution in [2.24, 2.45) is 0 Å². The number of nitrogens with zero attached hydrogens (tertiary/aromatic N) is 3. The fourth-order valence-corrected chi connectivity index (χ4v) is 9.45. The molecule has 0 radical (unpaired) electrons. The fraction of sp³-hybridized carbons (Fsp3) is 0.122. The molecule has 0 spiro atoms. The standard InChI is InChI=1S/C49H35N3O2S/c1-2-3-12-29-23-26-42-38(27-29)32-25-24-31(28-43(32)55-42)48-50-47(30-13-5-4-6-14-30)51-49(52-48)37-19-11-22-41-45(37)36-18-9-17-34(46(36)54-41)33-16-10-21-40-44(33)35-15-7-8-20-39(35)53-40/h4-11,13,15-28,30H,2-3,12,14H2,1H3. The Morgan fingerprint density at radius 3 is 2.29 bits per heavy atom. The number of fused-ring (bicyclic) bond motifs is 9. The number of rotatable bonds is 7. The molecule has 11 rings (SSSR count). The van der Waals surface area contributed by atoms with Crippen molar-refractivity contribution >= 4 is 75.4 Å². The fourth-order valence-electron chi connectivity index (χ4n) is 8.32. The van der Waals surface area contributed by atoms with Gasteiger partial charge in [-0.1, -0.05) is 117 Å². The predicted octanol–water partition coefficient (Wildman–Crippen LogP) is 14.0. The maximum atomic E-state index is 6.79. The van der Waals surface area contributed by atoms with Crippen LogP contribution in [0.2, 0.25) is 0 Å². The van der Waals surface area contributed by atoms with Gasteiger partial charge in [-0.2, -0.15) is 0 Å². The maximum absolute atomic E-state index is 6.79. The molecule has 0 amide bonds. The van der Waals surface area contributed by atoms with E-state index in [-0.39, 0.29) is 5.92 Å². The molecule has 5 nitrogen and oxygen atoms in total. The van der Waals surface area contributed by atoms with Gasteiger partial charge in [-0.25, -0.2) is 15.0 Å². The summed E-state index contributed by atoms with van der Waals surface area (Å²) in [5.41, 5.74) is 8.74. The van der Waals surface area contributed by atoms with E-state index in [0.717, 1.165) is 84.8 Å². The van der Waals surface area contributed by atoms with Crippen molar-refractivity contribution < 1.29 is 8.83 Å². The number of allylic oxidation sites excluding steroid dienone is 4. The second kappa shape index (κ2) is 12.9. The van der Waals surface area contributed by atoms with E-state index in [0.29, 0.717) is 11.6 Å². The third-order valence-corrected chi connectivity index (χ3v) is 12.2. The molecule has 0 N–H and O–H groups in total. The number of unbranched alkanes of at least 4 members (excludes halogenated alkanes) is 1. The van der Waals surface area contributed by atoms with Gasteiger partial charge in [0.05, 0.1) is 0 Å². The first-order valence-corrected chi connectivity index (χ1v) is 19.9. The molecule has 1 aliphatic rings. The summed E-state index contributed by atoms with van der Waals surface area (Å²) < 4.78 is 15.6. The van der Waals surface area contributed by atoms with Gasteiger partial charge in [-0.15, -0.1) is 11.3 Å². The van der Waals surface area contributed by atoms with Gasteiger partial charge >= 0.3 is 0 Å². The first kappa shape index (κ1) is 32.1. The summed E-state index contributed by atoms with van der Waals surface area (Å²) in [5.74, 6) is 2.13. The molecule has 264 valence electrons. The molecular weight excluding hydrogens is 695 g/mol. The topological polar surface area (TPSA) is 65.0 Å². The molecule has 1 unspecified atom stereocenters. The normalized spacial score (nSPS) is 14.5. The van der Waals surface area contributed by atoms with E-state index in [1.54, 1.807) is 0 Å². The summed E-state index contributed by atoms with van der Waals surface area (Å²) >= 11 is 1.83. The van der Waals surface area contributed by atoms with Gasteiger partial charge in [0.25, 0.3) is 0 Å². The van der Waals surface area contributed by atoms with E-state index in [4.69, 9.17) is 23.8 Å². The van der Waals surface area contributed by atoms with E-state index in [2.05, 4.69) is 116 Å². The number of hydrogen-bond acceptors (Lipinski definition) is 6. The predicted molar refractivity (Wildman–Crippen MR) is 228 cm³/mol. The van der Waals surface area contributed by atoms with E-state index >= 15 is 0 Å². The van der Waals surface area contributed by atoms with Crippen LogP contribution >= 0.6 is 11.3 Å². The van der Waals surface area contributed by atoms with Crippen LogP contribution < -0.4 is 0 Å². The Hall–Kier alpha value is -6.37. The molecule has 4 heterocycles. The highest BCUT2D eigenvalue weighted by Gasteiger charge is 2.23. The van der Waals surface area contributed by atoms with Gasteiger partial charge in [0.1, 0.15) is 28.2 Å². The minimum Gasteiger partial charge on any atom is -0.456 e. The van der Waals surface area contributed by atoms with E-state index < -0.39 is 0 Å². The zero-order valence-corrected chi connectivity index (χ0v) is 31.1. The SMILES string of the molecule is CCCCc1ccc2sc3cc(-c4nc(-c5cccc6oc7c(-c8cccc9oc%10ccccc%10c89)cccc7c56)nc(C5C=CC=CC5)n4)ccc3c2c1. The van der Waals surface area contributed by atoms with Crippen molar-refractivity contribution in [2.75, 3.05) is 0 Å². The zero-order chi connectivity index (χ0) is 36.5. The summed E-state index contributed by atoms with van der Waals surface area (Å²) in [4.78, 5) is 15.6. The molecule has 1 atom stereocenters. The van der Waals surface area contributed by atoms with E-state index in [1.807, 2.05) is 41.7 Å². The summed E-state index contributed by atoms with van der Waals surface area (Å²) in [6.07, 6.45) is 12.9. The summed E-state index contributed by atoms with van der Waals surface area (Å²) in [7, 11) is 0. The van der Waals surface area contributed by atoms with Crippen molar-refractivity contribution in [1.29, 1.82) is 0 Å². The van der Waals surface area contributed by atoms with Gasteiger partial charge in [0.2, 0.25) is 0 Å². The minimum atomic E-state index is 0.0530. The van der Waals surface area contributed by atoms with Crippen LogP contribution in [-0.4, -0.2) is 15.0 Å². The molecule has 55 heavy (non-hydrogen) atoms. The Bertz CT molecular complexity index is 3200. The lowest BCUT2D eigenvalue weighted by molar-refractivity contribution is 0.668. The van der Waals surface area contributed by atoms with Crippen molar-refractivity contribution in [1.82, 2.24) is 15.0 Å². The molecule has 0 saturated carbocycles. The van der Waals surface area contributed by atoms with Crippen molar-refractivity contribution in [3.63, 3.8) is 0 Å². The van der Waals surface area contributed by atoms with Gasteiger partial charge in [-0.3, -0.25) is 0 Å². The minimum absolute atomic E-state index is 0.0530. The summed E-state index contributed by atoms with van der Waals surface area (Å²) in [5, 5.41) is 6.78. The smallest absolute Gasteiger partial charge is 0.164 e. The molecule has 0 bridgehead atoms. The van der Waals surface area contributed by atoms with Gasteiger partial charge in [-0.05, 0) is 66.8 Å². The molecule has 6 heteroatoms. The third kappa shape index (κ3) is 5.31. The number of furan rings is 2. The van der Waals surface area contributed by atoms with Crippen LogP contribution in [0.4, 0.5) is 0 Å². The number of aryl methyl sites for hydroxylation is 1. The largest absolute Gasteiger partial charge is 0.456 e. The van der Waals surface area contributed by atoms with Crippen LogP contribution in [-0.2, 0) is 6.42 Å². The van der Waals surface area contributed by atoms with Gasteiger partial charge in [0.15, 0.2) is 11.6 Å². The molecule has 0 aliphatic heterocycles. The third-order valence-electron chi connectivity index (χ3n) is 11.0. The van der Waals surface area contributed by atoms with E-state index in [9.17, 15) is 0 Å². The average Bonchev–Trinajstić information content (AvgIpc) is 3.94. The number of benzene rings is 6. The van der Waals surface area contributed by atoms with Crippen LogP contribution in [0.15, 0.2) is 148 Å². The molecule has 4 aromatic heterocycles. The lowest BCUT2D eigenvalue weighted by Gasteiger charge is -2.14. The van der Waals surface area contributed by atoms with Crippen molar-refractivity contribution in [3.05, 3.63) is 151 Å². The quantitative estimate of drug-likeness (QED) is 0.163. The average molecular weight is 730 g/mol.